The van der Waals surface area contributed by atoms with Gasteiger partial charge in [-0.15, -0.1) is 0 Å². The van der Waals surface area contributed by atoms with Crippen molar-refractivity contribution in [2.45, 2.75) is 6.92 Å². The Morgan fingerprint density at radius 2 is 1.86 bits per heavy atom. The summed E-state index contributed by atoms with van der Waals surface area (Å²) >= 11 is 0. The van der Waals surface area contributed by atoms with Crippen LogP contribution in [0.15, 0.2) is 68.9 Å². The third-order valence-corrected chi connectivity index (χ3v) is 4.03. The molecule has 0 saturated heterocycles. The number of allylic oxidation sites excluding steroid dienone is 1. The highest BCUT2D eigenvalue weighted by Gasteiger charge is 2.16. The lowest BCUT2D eigenvalue weighted by molar-refractivity contribution is 0.249. The molecular weight excluding hydrogens is 358 g/mol. The molecule has 0 aliphatic heterocycles. The maximum absolute atomic E-state index is 11.8. The van der Waals surface area contributed by atoms with Crippen molar-refractivity contribution in [2.24, 2.45) is 10.8 Å². The van der Waals surface area contributed by atoms with Crippen LogP contribution in [-0.4, -0.2) is 18.9 Å². The van der Waals surface area contributed by atoms with Crippen molar-refractivity contribution in [2.75, 3.05) is 7.11 Å². The molecule has 0 atom stereocenters. The van der Waals surface area contributed by atoms with E-state index in [0.29, 0.717) is 28.0 Å². The maximum Gasteiger partial charge on any atom is 0.336 e. The zero-order chi connectivity index (χ0) is 20.1. The number of rotatable bonds is 5. The Hall–Kier alpha value is -3.87. The topological polar surface area (TPSA) is 107 Å². The molecule has 0 spiro atoms. The van der Waals surface area contributed by atoms with E-state index in [1.807, 2.05) is 37.3 Å². The van der Waals surface area contributed by atoms with Crippen LogP contribution in [0.5, 0.6) is 5.75 Å². The van der Waals surface area contributed by atoms with Gasteiger partial charge in [0.05, 0.1) is 18.4 Å². The number of hydrogen-bond acceptors (Lipinski definition) is 5. The second-order valence-electron chi connectivity index (χ2n) is 6.03. The Kier molecular flexibility index (Phi) is 5.55. The van der Waals surface area contributed by atoms with Gasteiger partial charge in [0.25, 0.3) is 0 Å². The molecule has 0 bridgehead atoms. The molecule has 3 rings (SSSR count). The first-order valence-electron chi connectivity index (χ1n) is 8.47. The highest BCUT2D eigenvalue weighted by Crippen LogP contribution is 2.28. The van der Waals surface area contributed by atoms with Crippen molar-refractivity contribution in [3.8, 4) is 5.75 Å². The predicted molar refractivity (Wildman–Crippen MR) is 109 cm³/mol. The number of amides is 2. The van der Waals surface area contributed by atoms with Crippen LogP contribution in [0, 0.1) is 6.92 Å². The molecule has 3 aromatic rings. The van der Waals surface area contributed by atoms with Gasteiger partial charge in [-0.3, -0.25) is 0 Å². The number of hydrogen-bond donors (Lipinski definition) is 2. The quantitative estimate of drug-likeness (QED) is 0.404. The number of aryl methyl sites for hydroxylation is 1. The molecule has 7 nitrogen and oxygen atoms in total. The van der Waals surface area contributed by atoms with Crippen LogP contribution in [0.3, 0.4) is 0 Å². The predicted octanol–water partition coefficient (Wildman–Crippen LogP) is 3.20. The largest absolute Gasteiger partial charge is 0.496 e. The van der Waals surface area contributed by atoms with Gasteiger partial charge in [-0.2, -0.15) is 5.10 Å². The number of fused-ring (bicyclic) bond motifs is 1. The Morgan fingerprint density at radius 1 is 1.14 bits per heavy atom. The number of methoxy groups -OCH3 is 1. The molecule has 0 unspecified atom stereocenters. The number of benzene rings is 2. The minimum absolute atomic E-state index is 0.297. The van der Waals surface area contributed by atoms with Crippen LogP contribution in [0.1, 0.15) is 16.7 Å². The lowest BCUT2D eigenvalue weighted by Gasteiger charge is -2.11. The molecular formula is C21H19N3O4. The lowest BCUT2D eigenvalue weighted by Crippen LogP contribution is -2.25. The van der Waals surface area contributed by atoms with Crippen LogP contribution >= 0.6 is 0 Å². The van der Waals surface area contributed by atoms with Gasteiger partial charge in [-0.1, -0.05) is 35.9 Å². The van der Waals surface area contributed by atoms with E-state index in [-0.39, 0.29) is 0 Å². The van der Waals surface area contributed by atoms with E-state index >= 15 is 0 Å². The second-order valence-corrected chi connectivity index (χ2v) is 6.03. The zero-order valence-electron chi connectivity index (χ0n) is 15.4. The number of nitrogens with two attached hydrogens (primary N) is 1. The first-order chi connectivity index (χ1) is 13.5. The Bertz CT molecular complexity index is 1130. The molecule has 2 amide bonds. The van der Waals surface area contributed by atoms with Crippen molar-refractivity contribution in [1.29, 1.82) is 0 Å². The van der Waals surface area contributed by atoms with Crippen molar-refractivity contribution in [3.63, 3.8) is 0 Å². The molecule has 0 radical (unpaired) electrons. The number of urea groups is 1. The van der Waals surface area contributed by atoms with Crippen LogP contribution < -0.4 is 21.5 Å². The van der Waals surface area contributed by atoms with Crippen molar-refractivity contribution >= 4 is 28.8 Å². The van der Waals surface area contributed by atoms with E-state index in [1.165, 1.54) is 13.2 Å². The number of carbonyl (C=O) groups excluding carboxylic acids is 1. The van der Waals surface area contributed by atoms with Gasteiger partial charge in [0, 0.05) is 11.5 Å². The Morgan fingerprint density at radius 3 is 2.54 bits per heavy atom. The third kappa shape index (κ3) is 4.27. The van der Waals surface area contributed by atoms with Gasteiger partial charge in [-0.25, -0.2) is 15.0 Å². The molecule has 1 aromatic heterocycles. The summed E-state index contributed by atoms with van der Waals surface area (Å²) in [5, 5.41) is 4.76. The average Bonchev–Trinajstić information content (AvgIpc) is 2.68. The highest BCUT2D eigenvalue weighted by molar-refractivity contribution is 6.18. The molecule has 7 heteroatoms. The van der Waals surface area contributed by atoms with Crippen LogP contribution in [0.4, 0.5) is 4.79 Å². The van der Waals surface area contributed by atoms with E-state index in [1.54, 1.807) is 24.3 Å². The molecule has 0 saturated carbocycles. The highest BCUT2D eigenvalue weighted by atomic mass is 16.5. The number of nitrogens with one attached hydrogen (secondary N) is 1. The summed E-state index contributed by atoms with van der Waals surface area (Å²) in [6.07, 6.45) is 3.51. The molecule has 0 aliphatic carbocycles. The lowest BCUT2D eigenvalue weighted by atomic mass is 10.0. The zero-order valence-corrected chi connectivity index (χ0v) is 15.4. The first-order valence-corrected chi connectivity index (χ1v) is 8.47. The number of nitrogens with zero attached hydrogens (tertiary/aromatic N) is 1. The fraction of sp³-hybridized carbons (Fsp3) is 0.0952. The first kappa shape index (κ1) is 18.9. The van der Waals surface area contributed by atoms with E-state index < -0.39 is 11.7 Å². The molecule has 142 valence electrons. The smallest absolute Gasteiger partial charge is 0.336 e. The van der Waals surface area contributed by atoms with Crippen LogP contribution in [0.25, 0.3) is 17.0 Å². The number of primary amides is 1. The monoisotopic (exact) mass is 377 g/mol. The van der Waals surface area contributed by atoms with Crippen LogP contribution in [-0.2, 0) is 0 Å². The minimum atomic E-state index is -0.818. The van der Waals surface area contributed by atoms with Gasteiger partial charge in [0.15, 0.2) is 5.58 Å². The van der Waals surface area contributed by atoms with Gasteiger partial charge < -0.3 is 14.9 Å². The molecule has 2 aromatic carbocycles. The fourth-order valence-corrected chi connectivity index (χ4v) is 2.67. The van der Waals surface area contributed by atoms with Gasteiger partial charge in [-0.05, 0) is 36.8 Å². The fourth-order valence-electron chi connectivity index (χ4n) is 2.67. The van der Waals surface area contributed by atoms with E-state index in [4.69, 9.17) is 14.9 Å². The summed E-state index contributed by atoms with van der Waals surface area (Å²) in [7, 11) is 1.49. The SMILES string of the molecule is COc1ccc2ccc(=O)oc2c1C(/C=C/c1ccc(C)cc1)=N/NC(N)=O. The summed E-state index contributed by atoms with van der Waals surface area (Å²) < 4.78 is 10.8. The van der Waals surface area contributed by atoms with Crippen LogP contribution in [0.2, 0.25) is 0 Å². The number of hydrazone groups is 1. The summed E-state index contributed by atoms with van der Waals surface area (Å²) in [5.74, 6) is 0.431. The van der Waals surface area contributed by atoms with E-state index in [2.05, 4.69) is 10.5 Å². The number of carbonyl (C=O) groups is 1. The van der Waals surface area contributed by atoms with Crippen molar-refractivity contribution in [3.05, 3.63) is 81.7 Å². The van der Waals surface area contributed by atoms with Gasteiger partial charge >= 0.3 is 11.7 Å². The van der Waals surface area contributed by atoms with E-state index in [9.17, 15) is 9.59 Å². The second kappa shape index (κ2) is 8.22. The van der Waals surface area contributed by atoms with Crippen molar-refractivity contribution < 1.29 is 13.9 Å². The standard InChI is InChI=1S/C21H19N3O4/c1-13-3-5-14(6-4-13)7-10-16(23-24-21(22)26)19-17(27-2)11-8-15-9-12-18(25)28-20(15)19/h3-12H,1-2H3,(H3,22,24,26)/b10-7+,23-16+. The van der Waals surface area contributed by atoms with Gasteiger partial charge in [0.1, 0.15) is 5.75 Å². The normalized spacial score (nSPS) is 11.7. The molecule has 0 fully saturated rings. The molecule has 3 N–H and O–H groups in total. The summed E-state index contributed by atoms with van der Waals surface area (Å²) in [6, 6.07) is 13.5. The number of ether oxygens (including phenoxy) is 1. The molecule has 28 heavy (non-hydrogen) atoms. The summed E-state index contributed by atoms with van der Waals surface area (Å²) in [5.41, 5.74) is 9.98. The Balaban J connectivity index is 2.18. The molecule has 0 aliphatic rings. The average molecular weight is 377 g/mol. The third-order valence-electron chi connectivity index (χ3n) is 4.03. The minimum Gasteiger partial charge on any atom is -0.496 e. The van der Waals surface area contributed by atoms with Gasteiger partial charge in [0.2, 0.25) is 0 Å². The van der Waals surface area contributed by atoms with E-state index in [0.717, 1.165) is 11.1 Å². The summed E-state index contributed by atoms with van der Waals surface area (Å²) in [6.45, 7) is 2.00. The molecule has 1 heterocycles. The Labute approximate surface area is 161 Å². The summed E-state index contributed by atoms with van der Waals surface area (Å²) in [4.78, 5) is 23.0. The van der Waals surface area contributed by atoms with Crippen molar-refractivity contribution in [1.82, 2.24) is 5.43 Å². The maximum atomic E-state index is 11.8.